The zero-order valence-corrected chi connectivity index (χ0v) is 15.7. The first-order valence-corrected chi connectivity index (χ1v) is 9.26. The number of hydrogen-bond donors (Lipinski definition) is 3. The van der Waals surface area contributed by atoms with Crippen LogP contribution in [-0.2, 0) is 24.3 Å². The highest BCUT2D eigenvalue weighted by Crippen LogP contribution is 2.14. The summed E-state index contributed by atoms with van der Waals surface area (Å²) in [4.78, 5) is 23.4. The van der Waals surface area contributed by atoms with E-state index in [0.29, 0.717) is 6.61 Å². The van der Waals surface area contributed by atoms with Crippen molar-refractivity contribution in [3.63, 3.8) is 0 Å². The molecule has 8 nitrogen and oxygen atoms in total. The second kappa shape index (κ2) is 9.50. The number of aryl methyl sites for hydroxylation is 2. The van der Waals surface area contributed by atoms with Gasteiger partial charge in [-0.15, -0.1) is 0 Å². The molecular formula is C16H25N3O5S. The molecule has 0 unspecified atom stereocenters. The van der Waals surface area contributed by atoms with Crippen LogP contribution in [-0.4, -0.2) is 53.1 Å². The predicted octanol–water partition coefficient (Wildman–Crippen LogP) is -0.151. The third-order valence-electron chi connectivity index (χ3n) is 3.48. The van der Waals surface area contributed by atoms with Gasteiger partial charge in [0.2, 0.25) is 21.8 Å². The Morgan fingerprint density at radius 3 is 2.40 bits per heavy atom. The highest BCUT2D eigenvalue weighted by atomic mass is 32.2. The molecule has 0 aromatic heterocycles. The predicted molar refractivity (Wildman–Crippen MR) is 93.6 cm³/mol. The van der Waals surface area contributed by atoms with Gasteiger partial charge in [-0.2, -0.15) is 0 Å². The number of benzene rings is 1. The van der Waals surface area contributed by atoms with Crippen LogP contribution in [0.2, 0.25) is 0 Å². The van der Waals surface area contributed by atoms with E-state index in [-0.39, 0.29) is 23.4 Å². The lowest BCUT2D eigenvalue weighted by Crippen LogP contribution is -2.44. The SMILES string of the molecule is COC[C@@H](C)NC(=O)CNC(=O)CNS(=O)(=O)c1ccc(C)c(C)c1. The lowest BCUT2D eigenvalue weighted by Gasteiger charge is -2.13. The lowest BCUT2D eigenvalue weighted by atomic mass is 10.1. The Hall–Kier alpha value is -1.97. The summed E-state index contributed by atoms with van der Waals surface area (Å²) in [6, 6.07) is 4.54. The highest BCUT2D eigenvalue weighted by molar-refractivity contribution is 7.89. The molecule has 0 bridgehead atoms. The molecule has 9 heteroatoms. The van der Waals surface area contributed by atoms with E-state index in [1.807, 2.05) is 13.8 Å². The minimum Gasteiger partial charge on any atom is -0.383 e. The van der Waals surface area contributed by atoms with E-state index in [1.54, 1.807) is 19.1 Å². The Labute approximate surface area is 148 Å². The fraction of sp³-hybridized carbons (Fsp3) is 0.500. The van der Waals surface area contributed by atoms with Gasteiger partial charge < -0.3 is 15.4 Å². The number of methoxy groups -OCH3 is 1. The van der Waals surface area contributed by atoms with Gasteiger partial charge in [-0.1, -0.05) is 6.07 Å². The summed E-state index contributed by atoms with van der Waals surface area (Å²) in [7, 11) is -2.27. The van der Waals surface area contributed by atoms with Gasteiger partial charge in [-0.3, -0.25) is 9.59 Å². The molecule has 1 atom stereocenters. The van der Waals surface area contributed by atoms with Gasteiger partial charge in [0.15, 0.2) is 0 Å². The quantitative estimate of drug-likeness (QED) is 0.559. The number of carbonyl (C=O) groups excluding carboxylic acids is 2. The summed E-state index contributed by atoms with van der Waals surface area (Å²) in [5.74, 6) is -0.975. The molecule has 3 N–H and O–H groups in total. The number of ether oxygens (including phenoxy) is 1. The second-order valence-electron chi connectivity index (χ2n) is 5.77. The van der Waals surface area contributed by atoms with Gasteiger partial charge in [0.1, 0.15) is 0 Å². The van der Waals surface area contributed by atoms with Crippen LogP contribution in [0.1, 0.15) is 18.1 Å². The topological polar surface area (TPSA) is 114 Å². The van der Waals surface area contributed by atoms with Gasteiger partial charge in [-0.05, 0) is 44.0 Å². The molecule has 0 heterocycles. The molecular weight excluding hydrogens is 346 g/mol. The van der Waals surface area contributed by atoms with Crippen molar-refractivity contribution in [3.05, 3.63) is 29.3 Å². The zero-order chi connectivity index (χ0) is 19.0. The van der Waals surface area contributed by atoms with Gasteiger partial charge in [0, 0.05) is 13.2 Å². The number of amides is 2. The lowest BCUT2D eigenvalue weighted by molar-refractivity contribution is -0.126. The Morgan fingerprint density at radius 2 is 1.80 bits per heavy atom. The van der Waals surface area contributed by atoms with E-state index in [2.05, 4.69) is 15.4 Å². The van der Waals surface area contributed by atoms with E-state index in [9.17, 15) is 18.0 Å². The van der Waals surface area contributed by atoms with Crippen molar-refractivity contribution in [1.29, 1.82) is 0 Å². The normalized spacial score (nSPS) is 12.5. The third kappa shape index (κ3) is 7.20. The maximum atomic E-state index is 12.2. The summed E-state index contributed by atoms with van der Waals surface area (Å²) in [6.07, 6.45) is 0. The molecule has 2 amide bonds. The van der Waals surface area contributed by atoms with E-state index >= 15 is 0 Å². The monoisotopic (exact) mass is 371 g/mol. The van der Waals surface area contributed by atoms with Crippen LogP contribution in [0.3, 0.4) is 0 Å². The molecule has 0 saturated carbocycles. The van der Waals surface area contributed by atoms with Gasteiger partial charge in [0.25, 0.3) is 0 Å². The minimum atomic E-state index is -3.79. The van der Waals surface area contributed by atoms with Crippen LogP contribution in [0.5, 0.6) is 0 Å². The highest BCUT2D eigenvalue weighted by Gasteiger charge is 2.16. The molecule has 1 aromatic carbocycles. The third-order valence-corrected chi connectivity index (χ3v) is 4.88. The second-order valence-corrected chi connectivity index (χ2v) is 7.54. The summed E-state index contributed by atoms with van der Waals surface area (Å²) in [5, 5.41) is 4.98. The summed E-state index contributed by atoms with van der Waals surface area (Å²) < 4.78 is 31.4. The molecule has 0 aliphatic rings. The summed E-state index contributed by atoms with van der Waals surface area (Å²) in [6.45, 7) is 5.13. The number of sulfonamides is 1. The molecule has 25 heavy (non-hydrogen) atoms. The molecule has 140 valence electrons. The average Bonchev–Trinajstić information content (AvgIpc) is 2.53. The van der Waals surface area contributed by atoms with Crippen molar-refractivity contribution in [1.82, 2.24) is 15.4 Å². The fourth-order valence-electron chi connectivity index (χ4n) is 1.98. The number of rotatable bonds is 9. The first-order chi connectivity index (χ1) is 11.7. The van der Waals surface area contributed by atoms with E-state index in [1.165, 1.54) is 13.2 Å². The maximum absolute atomic E-state index is 12.2. The number of carbonyl (C=O) groups is 2. The van der Waals surface area contributed by atoms with Crippen LogP contribution < -0.4 is 15.4 Å². The first-order valence-electron chi connectivity index (χ1n) is 7.77. The van der Waals surface area contributed by atoms with Crippen LogP contribution in [0.15, 0.2) is 23.1 Å². The molecule has 1 aromatic rings. The van der Waals surface area contributed by atoms with Gasteiger partial charge >= 0.3 is 0 Å². The molecule has 1 rings (SSSR count). The minimum absolute atomic E-state index is 0.0922. The van der Waals surface area contributed by atoms with Crippen LogP contribution in [0.4, 0.5) is 0 Å². The fourth-order valence-corrected chi connectivity index (χ4v) is 3.05. The van der Waals surface area contributed by atoms with Crippen molar-refractivity contribution >= 4 is 21.8 Å². The molecule has 0 fully saturated rings. The Balaban J connectivity index is 2.47. The van der Waals surface area contributed by atoms with E-state index in [4.69, 9.17) is 4.74 Å². The number of nitrogens with one attached hydrogen (secondary N) is 3. The summed E-state index contributed by atoms with van der Waals surface area (Å²) >= 11 is 0. The largest absolute Gasteiger partial charge is 0.383 e. The molecule has 0 spiro atoms. The van der Waals surface area contributed by atoms with E-state index in [0.717, 1.165) is 11.1 Å². The first kappa shape index (κ1) is 21.1. The smallest absolute Gasteiger partial charge is 0.241 e. The molecule has 0 saturated heterocycles. The molecule has 0 aliphatic carbocycles. The Morgan fingerprint density at radius 1 is 1.12 bits per heavy atom. The van der Waals surface area contributed by atoms with Crippen LogP contribution in [0.25, 0.3) is 0 Å². The summed E-state index contributed by atoms with van der Waals surface area (Å²) in [5.41, 5.74) is 1.82. The van der Waals surface area contributed by atoms with Crippen LogP contribution >= 0.6 is 0 Å². The van der Waals surface area contributed by atoms with Crippen molar-refractivity contribution in [3.8, 4) is 0 Å². The van der Waals surface area contributed by atoms with Crippen molar-refractivity contribution in [2.45, 2.75) is 31.7 Å². The molecule has 0 radical (unpaired) electrons. The standard InChI is InChI=1S/C16H25N3O5S/c1-11-5-6-14(7-12(11)2)25(22,23)18-9-15(20)17-8-16(21)19-13(3)10-24-4/h5-7,13,18H,8-10H2,1-4H3,(H,17,20)(H,19,21)/t13-/m1/s1. The Bertz CT molecular complexity index is 718. The maximum Gasteiger partial charge on any atom is 0.241 e. The zero-order valence-electron chi connectivity index (χ0n) is 14.9. The van der Waals surface area contributed by atoms with Crippen molar-refractivity contribution in [2.24, 2.45) is 0 Å². The van der Waals surface area contributed by atoms with Crippen LogP contribution in [0, 0.1) is 13.8 Å². The average molecular weight is 371 g/mol. The van der Waals surface area contributed by atoms with Crippen molar-refractivity contribution in [2.75, 3.05) is 26.8 Å². The van der Waals surface area contributed by atoms with Gasteiger partial charge in [0.05, 0.1) is 24.6 Å². The van der Waals surface area contributed by atoms with Gasteiger partial charge in [-0.25, -0.2) is 13.1 Å². The van der Waals surface area contributed by atoms with Crippen molar-refractivity contribution < 1.29 is 22.7 Å². The number of hydrogen-bond acceptors (Lipinski definition) is 5. The van der Waals surface area contributed by atoms with E-state index < -0.39 is 22.5 Å². The molecule has 0 aliphatic heterocycles. The Kier molecular flexibility index (Phi) is 8.01.